The maximum Gasteiger partial charge on any atom is 0.307 e. The Morgan fingerprint density at radius 2 is 2.06 bits per heavy atom. The van der Waals surface area contributed by atoms with Crippen LogP contribution in [-0.2, 0) is 9.59 Å². The number of aliphatic carboxylic acids is 1. The van der Waals surface area contributed by atoms with E-state index in [1.807, 2.05) is 18.7 Å². The Hall–Kier alpha value is -0.710. The first-order valence-electron chi connectivity index (χ1n) is 6.67. The normalized spacial score (nSPS) is 24.8. The predicted octanol–water partition coefficient (Wildman–Crippen LogP) is 2.14. The van der Waals surface area contributed by atoms with Crippen LogP contribution >= 0.6 is 11.8 Å². The fourth-order valence-electron chi connectivity index (χ4n) is 2.40. The molecule has 0 spiro atoms. The van der Waals surface area contributed by atoms with Gasteiger partial charge in [-0.05, 0) is 37.7 Å². The third-order valence-electron chi connectivity index (χ3n) is 3.46. The lowest BCUT2D eigenvalue weighted by Gasteiger charge is -2.19. The molecule has 0 saturated heterocycles. The van der Waals surface area contributed by atoms with Gasteiger partial charge >= 0.3 is 5.97 Å². The van der Waals surface area contributed by atoms with Crippen LogP contribution in [0.3, 0.4) is 0 Å². The zero-order valence-corrected chi connectivity index (χ0v) is 12.0. The second-order valence-corrected chi connectivity index (χ2v) is 6.27. The van der Waals surface area contributed by atoms with Crippen LogP contribution < -0.4 is 5.32 Å². The minimum Gasteiger partial charge on any atom is -0.481 e. The van der Waals surface area contributed by atoms with Gasteiger partial charge in [0.2, 0.25) is 5.91 Å². The first-order chi connectivity index (χ1) is 8.56. The standard InChI is InChI=1S/C13H23NO3S/c1-3-18-8-7-9(2)14-12(15)10-5-4-6-11(10)13(16)17/h9-11H,3-8H2,1-2H3,(H,14,15)(H,16,17). The van der Waals surface area contributed by atoms with Gasteiger partial charge in [-0.25, -0.2) is 0 Å². The molecule has 3 unspecified atom stereocenters. The van der Waals surface area contributed by atoms with E-state index in [1.54, 1.807) is 0 Å². The molecule has 0 aromatic heterocycles. The average Bonchev–Trinajstić information content (AvgIpc) is 2.78. The number of hydrogen-bond acceptors (Lipinski definition) is 3. The number of carboxylic acids is 1. The van der Waals surface area contributed by atoms with Gasteiger partial charge in [0.25, 0.3) is 0 Å². The van der Waals surface area contributed by atoms with E-state index in [9.17, 15) is 9.59 Å². The molecule has 1 saturated carbocycles. The summed E-state index contributed by atoms with van der Waals surface area (Å²) in [4.78, 5) is 23.1. The van der Waals surface area contributed by atoms with Crippen LogP contribution in [0, 0.1) is 11.8 Å². The van der Waals surface area contributed by atoms with Crippen molar-refractivity contribution in [3.05, 3.63) is 0 Å². The van der Waals surface area contributed by atoms with Gasteiger partial charge in [0.15, 0.2) is 0 Å². The fraction of sp³-hybridized carbons (Fsp3) is 0.846. The van der Waals surface area contributed by atoms with E-state index in [-0.39, 0.29) is 17.9 Å². The Kier molecular flexibility index (Phi) is 6.54. The van der Waals surface area contributed by atoms with Crippen LogP contribution in [0.2, 0.25) is 0 Å². The van der Waals surface area contributed by atoms with E-state index < -0.39 is 11.9 Å². The second-order valence-electron chi connectivity index (χ2n) is 4.88. The van der Waals surface area contributed by atoms with E-state index in [4.69, 9.17) is 5.11 Å². The largest absolute Gasteiger partial charge is 0.481 e. The number of carbonyl (C=O) groups is 2. The highest BCUT2D eigenvalue weighted by molar-refractivity contribution is 7.99. The molecule has 0 bridgehead atoms. The summed E-state index contributed by atoms with van der Waals surface area (Å²) in [6.07, 6.45) is 3.12. The molecule has 104 valence electrons. The Morgan fingerprint density at radius 3 is 2.67 bits per heavy atom. The number of carbonyl (C=O) groups excluding carboxylic acids is 1. The maximum atomic E-state index is 12.0. The SMILES string of the molecule is CCSCCC(C)NC(=O)C1CCCC1C(=O)O. The Balaban J connectivity index is 2.37. The van der Waals surface area contributed by atoms with Gasteiger partial charge < -0.3 is 10.4 Å². The molecule has 4 nitrogen and oxygen atoms in total. The lowest BCUT2D eigenvalue weighted by atomic mass is 9.95. The Labute approximate surface area is 113 Å². The minimum absolute atomic E-state index is 0.0751. The molecule has 1 amide bonds. The molecule has 0 aromatic rings. The van der Waals surface area contributed by atoms with Crippen molar-refractivity contribution in [3.8, 4) is 0 Å². The van der Waals surface area contributed by atoms with Crippen LogP contribution in [0.1, 0.15) is 39.5 Å². The van der Waals surface area contributed by atoms with Crippen LogP contribution in [0.25, 0.3) is 0 Å². The van der Waals surface area contributed by atoms with Gasteiger partial charge in [0, 0.05) is 6.04 Å². The van der Waals surface area contributed by atoms with Crippen molar-refractivity contribution >= 4 is 23.6 Å². The summed E-state index contributed by atoms with van der Waals surface area (Å²) in [5.41, 5.74) is 0. The molecule has 1 fully saturated rings. The monoisotopic (exact) mass is 273 g/mol. The summed E-state index contributed by atoms with van der Waals surface area (Å²) < 4.78 is 0. The summed E-state index contributed by atoms with van der Waals surface area (Å²) in [7, 11) is 0. The summed E-state index contributed by atoms with van der Waals surface area (Å²) in [6, 6.07) is 0.131. The molecule has 18 heavy (non-hydrogen) atoms. The zero-order chi connectivity index (χ0) is 13.5. The molecule has 0 radical (unpaired) electrons. The molecular formula is C13H23NO3S. The first kappa shape index (κ1) is 15.3. The van der Waals surface area contributed by atoms with Gasteiger partial charge in [-0.15, -0.1) is 0 Å². The minimum atomic E-state index is -0.832. The highest BCUT2D eigenvalue weighted by Crippen LogP contribution is 2.32. The van der Waals surface area contributed by atoms with E-state index in [0.29, 0.717) is 12.8 Å². The molecule has 5 heteroatoms. The van der Waals surface area contributed by atoms with Crippen molar-refractivity contribution in [2.75, 3.05) is 11.5 Å². The lowest BCUT2D eigenvalue weighted by molar-refractivity contribution is -0.146. The molecule has 2 N–H and O–H groups in total. The van der Waals surface area contributed by atoms with E-state index in [2.05, 4.69) is 12.2 Å². The highest BCUT2D eigenvalue weighted by atomic mass is 32.2. The average molecular weight is 273 g/mol. The number of nitrogens with one attached hydrogen (secondary N) is 1. The van der Waals surface area contributed by atoms with Gasteiger partial charge in [-0.3, -0.25) is 9.59 Å². The topological polar surface area (TPSA) is 66.4 Å². The second kappa shape index (κ2) is 7.67. The number of amides is 1. The summed E-state index contributed by atoms with van der Waals surface area (Å²) in [5.74, 6) is 0.400. The third-order valence-corrected chi connectivity index (χ3v) is 4.39. The fourth-order valence-corrected chi connectivity index (χ4v) is 3.20. The van der Waals surface area contributed by atoms with E-state index >= 15 is 0 Å². The van der Waals surface area contributed by atoms with Crippen molar-refractivity contribution in [1.29, 1.82) is 0 Å². The smallest absolute Gasteiger partial charge is 0.307 e. The number of rotatable bonds is 7. The first-order valence-corrected chi connectivity index (χ1v) is 7.82. The van der Waals surface area contributed by atoms with Crippen LogP contribution in [0.4, 0.5) is 0 Å². The van der Waals surface area contributed by atoms with Crippen LogP contribution in [-0.4, -0.2) is 34.5 Å². The lowest BCUT2D eigenvalue weighted by Crippen LogP contribution is -2.40. The summed E-state index contributed by atoms with van der Waals surface area (Å²) in [5, 5.41) is 12.0. The van der Waals surface area contributed by atoms with Gasteiger partial charge in [-0.2, -0.15) is 11.8 Å². The van der Waals surface area contributed by atoms with Crippen molar-refractivity contribution in [1.82, 2.24) is 5.32 Å². The Bertz CT molecular complexity index is 296. The third kappa shape index (κ3) is 4.52. The number of carboxylic acid groups (broad SMARTS) is 1. The summed E-state index contributed by atoms with van der Waals surface area (Å²) >= 11 is 1.86. The van der Waals surface area contributed by atoms with Gasteiger partial charge in [0.05, 0.1) is 11.8 Å². The predicted molar refractivity (Wildman–Crippen MR) is 73.7 cm³/mol. The van der Waals surface area contributed by atoms with E-state index in [0.717, 1.165) is 24.3 Å². The molecule has 3 atom stereocenters. The van der Waals surface area contributed by atoms with Gasteiger partial charge in [0.1, 0.15) is 0 Å². The number of hydrogen-bond donors (Lipinski definition) is 2. The van der Waals surface area contributed by atoms with Crippen LogP contribution in [0.15, 0.2) is 0 Å². The molecule has 1 rings (SSSR count). The molecule has 0 heterocycles. The van der Waals surface area contributed by atoms with Crippen molar-refractivity contribution in [2.24, 2.45) is 11.8 Å². The van der Waals surface area contributed by atoms with Crippen molar-refractivity contribution in [3.63, 3.8) is 0 Å². The van der Waals surface area contributed by atoms with E-state index in [1.165, 1.54) is 0 Å². The molecular weight excluding hydrogens is 250 g/mol. The molecule has 0 aliphatic heterocycles. The van der Waals surface area contributed by atoms with Crippen molar-refractivity contribution in [2.45, 2.75) is 45.6 Å². The number of thioether (sulfide) groups is 1. The summed E-state index contributed by atoms with van der Waals surface area (Å²) in [6.45, 7) is 4.10. The highest BCUT2D eigenvalue weighted by Gasteiger charge is 2.37. The molecule has 0 aromatic carbocycles. The Morgan fingerprint density at radius 1 is 1.39 bits per heavy atom. The zero-order valence-electron chi connectivity index (χ0n) is 11.1. The van der Waals surface area contributed by atoms with Crippen LogP contribution in [0.5, 0.6) is 0 Å². The molecule has 1 aliphatic carbocycles. The maximum absolute atomic E-state index is 12.0. The van der Waals surface area contributed by atoms with Gasteiger partial charge in [-0.1, -0.05) is 13.3 Å². The van der Waals surface area contributed by atoms with Crippen molar-refractivity contribution < 1.29 is 14.7 Å². The quantitative estimate of drug-likeness (QED) is 0.697. The molecule has 1 aliphatic rings.